The fourth-order valence-corrected chi connectivity index (χ4v) is 3.12. The smallest absolute Gasteiger partial charge is 0.157 e. The molecule has 5 heteroatoms. The van der Waals surface area contributed by atoms with Gasteiger partial charge in [-0.05, 0) is 38.0 Å². The van der Waals surface area contributed by atoms with Crippen LogP contribution in [0.15, 0.2) is 23.2 Å². The first-order valence-corrected chi connectivity index (χ1v) is 7.40. The van der Waals surface area contributed by atoms with E-state index in [4.69, 9.17) is 0 Å². The van der Waals surface area contributed by atoms with Crippen molar-refractivity contribution in [2.24, 2.45) is 4.99 Å². The Labute approximate surface area is 116 Å². The average molecular weight is 284 g/mol. The fraction of sp³-hybridized carbons (Fsp3) is 0.500. The Kier molecular flexibility index (Phi) is 4.45. The van der Waals surface area contributed by atoms with E-state index in [1.165, 1.54) is 6.07 Å². The minimum Gasteiger partial charge on any atom is -0.360 e. The molecule has 1 atom stereocenters. The highest BCUT2D eigenvalue weighted by molar-refractivity contribution is 8.13. The monoisotopic (exact) mass is 284 g/mol. The molecule has 1 aliphatic heterocycles. The zero-order valence-corrected chi connectivity index (χ0v) is 12.0. The number of rotatable bonds is 3. The predicted molar refractivity (Wildman–Crippen MR) is 76.4 cm³/mol. The maximum atomic E-state index is 13.5. The van der Waals surface area contributed by atoms with Crippen molar-refractivity contribution in [3.63, 3.8) is 0 Å². The third kappa shape index (κ3) is 3.69. The van der Waals surface area contributed by atoms with Crippen molar-refractivity contribution >= 4 is 16.9 Å². The van der Waals surface area contributed by atoms with Crippen molar-refractivity contribution in [3.05, 3.63) is 35.4 Å². The van der Waals surface area contributed by atoms with E-state index in [2.05, 4.69) is 24.2 Å². The van der Waals surface area contributed by atoms with Crippen LogP contribution in [0.4, 0.5) is 8.78 Å². The van der Waals surface area contributed by atoms with Crippen molar-refractivity contribution in [2.45, 2.75) is 38.8 Å². The topological polar surface area (TPSA) is 24.4 Å². The second-order valence-corrected chi connectivity index (χ2v) is 6.08. The summed E-state index contributed by atoms with van der Waals surface area (Å²) in [6, 6.07) is 3.46. The molecule has 0 spiro atoms. The molecule has 1 fully saturated rings. The van der Waals surface area contributed by atoms with Crippen LogP contribution in [0.1, 0.15) is 32.3 Å². The van der Waals surface area contributed by atoms with Gasteiger partial charge in [0.2, 0.25) is 0 Å². The van der Waals surface area contributed by atoms with E-state index in [1.807, 2.05) is 0 Å². The Balaban J connectivity index is 2.08. The van der Waals surface area contributed by atoms with Gasteiger partial charge in [-0.2, -0.15) is 0 Å². The standard InChI is InChI=1S/C14H18F2N2S/c1-3-14(2)6-7-19-13(18-14)17-9-10-8-11(15)4-5-12(10)16/h4-5,8H,3,6-7,9H2,1-2H3,(H,17,18). The first-order chi connectivity index (χ1) is 9.02. The number of thioether (sulfide) groups is 1. The molecule has 0 saturated carbocycles. The molecule has 0 aromatic heterocycles. The highest BCUT2D eigenvalue weighted by Gasteiger charge is 2.27. The summed E-state index contributed by atoms with van der Waals surface area (Å²) in [4.78, 5) is 4.36. The molecule has 0 amide bonds. The molecular weight excluding hydrogens is 266 g/mol. The number of hydrogen-bond donors (Lipinski definition) is 1. The van der Waals surface area contributed by atoms with E-state index in [9.17, 15) is 8.78 Å². The lowest BCUT2D eigenvalue weighted by molar-refractivity contribution is 0.390. The van der Waals surface area contributed by atoms with Gasteiger partial charge in [-0.15, -0.1) is 0 Å². The van der Waals surface area contributed by atoms with Gasteiger partial charge in [0.05, 0.1) is 6.54 Å². The summed E-state index contributed by atoms with van der Waals surface area (Å²) >= 11 is 1.63. The Bertz CT molecular complexity index is 490. The molecule has 1 aromatic carbocycles. The van der Waals surface area contributed by atoms with Crippen LogP contribution >= 0.6 is 11.8 Å². The summed E-state index contributed by atoms with van der Waals surface area (Å²) in [6.07, 6.45) is 2.10. The van der Waals surface area contributed by atoms with E-state index in [0.717, 1.165) is 35.9 Å². The molecule has 1 unspecified atom stereocenters. The molecule has 0 bridgehead atoms. The number of nitrogens with zero attached hydrogens (tertiary/aromatic N) is 1. The van der Waals surface area contributed by atoms with Crippen molar-refractivity contribution in [2.75, 3.05) is 5.75 Å². The zero-order valence-electron chi connectivity index (χ0n) is 11.2. The highest BCUT2D eigenvalue weighted by Crippen LogP contribution is 2.25. The fourth-order valence-electron chi connectivity index (χ4n) is 1.90. The molecule has 2 rings (SSSR count). The van der Waals surface area contributed by atoms with Crippen LogP contribution in [0, 0.1) is 11.6 Å². The molecule has 19 heavy (non-hydrogen) atoms. The summed E-state index contributed by atoms with van der Waals surface area (Å²) in [6.45, 7) is 4.45. The lowest BCUT2D eigenvalue weighted by atomic mass is 9.96. The Morgan fingerprint density at radius 3 is 2.95 bits per heavy atom. The van der Waals surface area contributed by atoms with Crippen LogP contribution < -0.4 is 5.32 Å². The van der Waals surface area contributed by atoms with Crippen LogP contribution in [0.2, 0.25) is 0 Å². The minimum atomic E-state index is -0.431. The normalized spacial score (nSPS) is 25.4. The Morgan fingerprint density at radius 1 is 1.42 bits per heavy atom. The second kappa shape index (κ2) is 5.90. The maximum absolute atomic E-state index is 13.5. The first kappa shape index (κ1) is 14.3. The maximum Gasteiger partial charge on any atom is 0.157 e. The van der Waals surface area contributed by atoms with Crippen molar-refractivity contribution in [1.82, 2.24) is 5.32 Å². The molecule has 2 nitrogen and oxygen atoms in total. The molecule has 0 radical (unpaired) electrons. The van der Waals surface area contributed by atoms with Crippen LogP contribution in [0.3, 0.4) is 0 Å². The molecule has 104 valence electrons. The number of aliphatic imine (C=N–C) groups is 1. The minimum absolute atomic E-state index is 0.0601. The third-order valence-electron chi connectivity index (χ3n) is 3.48. The van der Waals surface area contributed by atoms with Crippen molar-refractivity contribution < 1.29 is 8.78 Å². The van der Waals surface area contributed by atoms with Gasteiger partial charge in [0.25, 0.3) is 0 Å². The van der Waals surface area contributed by atoms with Crippen LogP contribution in [0.25, 0.3) is 0 Å². The van der Waals surface area contributed by atoms with Gasteiger partial charge in [-0.3, -0.25) is 4.99 Å². The summed E-state index contributed by atoms with van der Waals surface area (Å²) in [5.74, 6) is 0.158. The van der Waals surface area contributed by atoms with Gasteiger partial charge < -0.3 is 5.32 Å². The Hall–Kier alpha value is -1.10. The molecule has 1 saturated heterocycles. The molecule has 1 heterocycles. The van der Waals surface area contributed by atoms with Crippen LogP contribution in [-0.4, -0.2) is 16.5 Å². The summed E-state index contributed by atoms with van der Waals surface area (Å²) in [7, 11) is 0. The lowest BCUT2D eigenvalue weighted by Crippen LogP contribution is -2.48. The van der Waals surface area contributed by atoms with Crippen molar-refractivity contribution in [1.29, 1.82) is 0 Å². The van der Waals surface area contributed by atoms with Crippen LogP contribution in [0.5, 0.6) is 0 Å². The first-order valence-electron chi connectivity index (χ1n) is 6.42. The van der Waals surface area contributed by atoms with Crippen molar-refractivity contribution in [3.8, 4) is 0 Å². The van der Waals surface area contributed by atoms with E-state index in [1.54, 1.807) is 11.8 Å². The number of benzene rings is 1. The van der Waals surface area contributed by atoms with E-state index >= 15 is 0 Å². The summed E-state index contributed by atoms with van der Waals surface area (Å²) < 4.78 is 26.5. The third-order valence-corrected chi connectivity index (χ3v) is 4.40. The van der Waals surface area contributed by atoms with Gasteiger partial charge in [-0.1, -0.05) is 18.7 Å². The van der Waals surface area contributed by atoms with Crippen LogP contribution in [-0.2, 0) is 6.54 Å². The van der Waals surface area contributed by atoms with E-state index in [-0.39, 0.29) is 12.1 Å². The SMILES string of the molecule is CCC1(C)CCSC(=NCc2cc(F)ccc2F)N1. The Morgan fingerprint density at radius 2 is 2.21 bits per heavy atom. The quantitative estimate of drug-likeness (QED) is 0.915. The molecule has 1 aromatic rings. The largest absolute Gasteiger partial charge is 0.360 e. The molecule has 1 N–H and O–H groups in total. The van der Waals surface area contributed by atoms with Gasteiger partial charge in [0, 0.05) is 16.9 Å². The predicted octanol–water partition coefficient (Wildman–Crippen LogP) is 3.72. The number of hydrogen-bond acceptors (Lipinski definition) is 2. The molecule has 1 aliphatic rings. The average Bonchev–Trinajstić information content (AvgIpc) is 2.40. The van der Waals surface area contributed by atoms with E-state index < -0.39 is 11.6 Å². The van der Waals surface area contributed by atoms with Gasteiger partial charge in [-0.25, -0.2) is 8.78 Å². The molecule has 0 aliphatic carbocycles. The number of nitrogens with one attached hydrogen (secondary N) is 1. The van der Waals surface area contributed by atoms with Gasteiger partial charge in [0.1, 0.15) is 11.6 Å². The second-order valence-electron chi connectivity index (χ2n) is 4.99. The van der Waals surface area contributed by atoms with Gasteiger partial charge in [0.15, 0.2) is 5.17 Å². The highest BCUT2D eigenvalue weighted by atomic mass is 32.2. The summed E-state index contributed by atoms with van der Waals surface area (Å²) in [5.41, 5.74) is 0.351. The molecular formula is C14H18F2N2S. The number of halogens is 2. The van der Waals surface area contributed by atoms with Gasteiger partial charge >= 0.3 is 0 Å². The van der Waals surface area contributed by atoms with E-state index in [0.29, 0.717) is 5.56 Å². The summed E-state index contributed by atoms with van der Waals surface area (Å²) in [5, 5.41) is 4.20. The lowest BCUT2D eigenvalue weighted by Gasteiger charge is -2.35. The zero-order chi connectivity index (χ0) is 13.9. The number of amidine groups is 1.